The van der Waals surface area contributed by atoms with Crippen molar-refractivity contribution in [2.75, 3.05) is 6.54 Å². The minimum atomic E-state index is 0.166. The fourth-order valence-corrected chi connectivity index (χ4v) is 4.37. The highest BCUT2D eigenvalue weighted by molar-refractivity contribution is 8.04. The quantitative estimate of drug-likeness (QED) is 0.610. The molecule has 0 amide bonds. The maximum atomic E-state index is 8.83. The van der Waals surface area contributed by atoms with E-state index in [2.05, 4.69) is 31.5 Å². The first-order valence-corrected chi connectivity index (χ1v) is 7.13. The van der Waals surface area contributed by atoms with Crippen LogP contribution in [-0.2, 0) is 0 Å². The first kappa shape index (κ1) is 14.6. The maximum absolute atomic E-state index is 8.83. The Bertz CT molecular complexity index is 335. The van der Waals surface area contributed by atoms with Crippen molar-refractivity contribution in [3.05, 3.63) is 0 Å². The smallest absolute Gasteiger partial charge is 0.163 e. The van der Waals surface area contributed by atoms with Crippen LogP contribution in [-0.4, -0.2) is 16.9 Å². The highest BCUT2D eigenvalue weighted by Crippen LogP contribution is 2.48. The normalized spacial score (nSPS) is 31.5. The second-order valence-corrected chi connectivity index (χ2v) is 7.63. The lowest BCUT2D eigenvalue weighted by molar-refractivity contribution is 0.108. The van der Waals surface area contributed by atoms with Gasteiger partial charge in [-0.15, -0.1) is 0 Å². The molecular formula is C12H21N3S2. The van der Waals surface area contributed by atoms with E-state index >= 15 is 0 Å². The molecule has 96 valence electrons. The number of nitrogens with one attached hydrogen (secondary N) is 1. The first-order valence-electron chi connectivity index (χ1n) is 5.84. The number of thiocarbonyl (C=S) groups is 1. The van der Waals surface area contributed by atoms with E-state index in [1.165, 1.54) is 11.8 Å². The fourth-order valence-electron chi connectivity index (χ4n) is 3.13. The van der Waals surface area contributed by atoms with Crippen LogP contribution >= 0.6 is 24.0 Å². The van der Waals surface area contributed by atoms with Crippen LogP contribution < -0.4 is 11.1 Å². The fraction of sp³-hybridized carbons (Fsp3) is 0.833. The van der Waals surface area contributed by atoms with Gasteiger partial charge in [-0.05, 0) is 54.1 Å². The summed E-state index contributed by atoms with van der Waals surface area (Å²) in [5.41, 5.74) is 5.94. The summed E-state index contributed by atoms with van der Waals surface area (Å²) >= 11 is 6.27. The van der Waals surface area contributed by atoms with Crippen LogP contribution in [0.1, 0.15) is 40.0 Å². The van der Waals surface area contributed by atoms with E-state index in [4.69, 9.17) is 23.2 Å². The number of rotatable bonds is 3. The molecule has 1 fully saturated rings. The summed E-state index contributed by atoms with van der Waals surface area (Å²) in [5, 5.41) is 14.9. The van der Waals surface area contributed by atoms with Gasteiger partial charge in [-0.25, -0.2) is 0 Å². The second kappa shape index (κ2) is 5.45. The lowest BCUT2D eigenvalue weighted by Gasteiger charge is -2.46. The molecule has 0 bridgehead atoms. The molecule has 1 aliphatic rings. The zero-order valence-corrected chi connectivity index (χ0v) is 12.4. The number of hydrogen-bond donors (Lipinski definition) is 2. The minimum Gasteiger partial charge on any atom is -0.376 e. The SMILES string of the molecule is CC1(C)CC(SC#N)CC(C)(CNC(N)=S)C1. The molecule has 1 aliphatic carbocycles. The van der Waals surface area contributed by atoms with E-state index in [0.717, 1.165) is 25.8 Å². The summed E-state index contributed by atoms with van der Waals surface area (Å²) in [6, 6.07) is 0. The molecule has 1 saturated carbocycles. The van der Waals surface area contributed by atoms with Crippen LogP contribution in [0.25, 0.3) is 0 Å². The molecule has 3 N–H and O–H groups in total. The summed E-state index contributed by atoms with van der Waals surface area (Å²) < 4.78 is 0. The van der Waals surface area contributed by atoms with Crippen LogP contribution in [0.5, 0.6) is 0 Å². The van der Waals surface area contributed by atoms with Gasteiger partial charge in [0.25, 0.3) is 0 Å². The van der Waals surface area contributed by atoms with E-state index in [0.29, 0.717) is 10.4 Å². The summed E-state index contributed by atoms with van der Waals surface area (Å²) in [6.07, 6.45) is 3.29. The molecule has 0 aliphatic heterocycles. The molecule has 0 heterocycles. The summed E-state index contributed by atoms with van der Waals surface area (Å²) in [7, 11) is 0. The lowest BCUT2D eigenvalue weighted by atomic mass is 9.64. The Morgan fingerprint density at radius 1 is 1.53 bits per heavy atom. The summed E-state index contributed by atoms with van der Waals surface area (Å²) in [4.78, 5) is 0. The highest BCUT2D eigenvalue weighted by Gasteiger charge is 2.41. The zero-order chi connectivity index (χ0) is 13.1. The minimum absolute atomic E-state index is 0.166. The van der Waals surface area contributed by atoms with E-state index in [1.54, 1.807) is 0 Å². The third kappa shape index (κ3) is 4.72. The van der Waals surface area contributed by atoms with Gasteiger partial charge in [0.2, 0.25) is 0 Å². The van der Waals surface area contributed by atoms with Crippen molar-refractivity contribution in [1.29, 1.82) is 5.26 Å². The summed E-state index contributed by atoms with van der Waals surface area (Å²) in [5.74, 6) is 0. The van der Waals surface area contributed by atoms with E-state index < -0.39 is 0 Å². The van der Waals surface area contributed by atoms with Gasteiger partial charge in [-0.3, -0.25) is 0 Å². The van der Waals surface area contributed by atoms with Crippen LogP contribution in [0.2, 0.25) is 0 Å². The average Bonchev–Trinajstić information content (AvgIpc) is 2.12. The monoisotopic (exact) mass is 271 g/mol. The standard InChI is InChI=1S/C12H21N3S2/c1-11(2)4-9(17-8-13)5-12(3,6-11)7-15-10(14)16/h9H,4-7H2,1-3H3,(H3,14,15,16). The Kier molecular flexibility index (Phi) is 4.68. The molecule has 5 heteroatoms. The van der Waals surface area contributed by atoms with Crippen LogP contribution in [0.3, 0.4) is 0 Å². The van der Waals surface area contributed by atoms with Crippen molar-refractivity contribution < 1.29 is 0 Å². The topological polar surface area (TPSA) is 61.8 Å². The maximum Gasteiger partial charge on any atom is 0.163 e. The van der Waals surface area contributed by atoms with Gasteiger partial charge < -0.3 is 11.1 Å². The molecule has 0 spiro atoms. The number of hydrogen-bond acceptors (Lipinski definition) is 3. The van der Waals surface area contributed by atoms with Gasteiger partial charge in [-0.1, -0.05) is 20.8 Å². The van der Waals surface area contributed by atoms with Crippen LogP contribution in [0.15, 0.2) is 0 Å². The third-order valence-electron chi connectivity index (χ3n) is 3.31. The van der Waals surface area contributed by atoms with E-state index in [9.17, 15) is 0 Å². The summed E-state index contributed by atoms with van der Waals surface area (Å²) in [6.45, 7) is 7.60. The number of nitrogens with zero attached hydrogens (tertiary/aromatic N) is 1. The van der Waals surface area contributed by atoms with Crippen LogP contribution in [0, 0.1) is 21.5 Å². The Morgan fingerprint density at radius 2 is 2.18 bits per heavy atom. The Labute approximate surface area is 114 Å². The molecule has 0 saturated heterocycles. The predicted molar refractivity (Wildman–Crippen MR) is 77.5 cm³/mol. The average molecular weight is 271 g/mol. The second-order valence-electron chi connectivity index (χ2n) is 6.11. The lowest BCUT2D eigenvalue weighted by Crippen LogP contribution is -2.45. The van der Waals surface area contributed by atoms with E-state index in [1.807, 2.05) is 0 Å². The first-order chi connectivity index (χ1) is 7.76. The van der Waals surface area contributed by atoms with Crippen molar-refractivity contribution in [3.8, 4) is 5.40 Å². The molecule has 0 aromatic rings. The number of thioether (sulfide) groups is 1. The molecule has 2 unspecified atom stereocenters. The van der Waals surface area contributed by atoms with Crippen molar-refractivity contribution in [2.24, 2.45) is 16.6 Å². The van der Waals surface area contributed by atoms with Gasteiger partial charge >= 0.3 is 0 Å². The number of thiocyanates is 1. The largest absolute Gasteiger partial charge is 0.376 e. The predicted octanol–water partition coefficient (Wildman–Crippen LogP) is 2.62. The molecule has 0 radical (unpaired) electrons. The molecule has 0 aromatic carbocycles. The van der Waals surface area contributed by atoms with Crippen molar-refractivity contribution in [2.45, 2.75) is 45.3 Å². The molecule has 1 rings (SSSR count). The molecular weight excluding hydrogens is 250 g/mol. The third-order valence-corrected chi connectivity index (χ3v) is 4.23. The van der Waals surface area contributed by atoms with E-state index in [-0.39, 0.29) is 10.8 Å². The van der Waals surface area contributed by atoms with Gasteiger partial charge in [0.1, 0.15) is 5.40 Å². The van der Waals surface area contributed by atoms with Crippen molar-refractivity contribution >= 4 is 29.1 Å². The molecule has 0 aromatic heterocycles. The highest BCUT2D eigenvalue weighted by atomic mass is 32.2. The van der Waals surface area contributed by atoms with Gasteiger partial charge in [-0.2, -0.15) is 5.26 Å². The molecule has 3 nitrogen and oxygen atoms in total. The van der Waals surface area contributed by atoms with Gasteiger partial charge in [0, 0.05) is 11.8 Å². The molecule has 2 atom stereocenters. The number of nitriles is 1. The zero-order valence-electron chi connectivity index (χ0n) is 10.7. The van der Waals surface area contributed by atoms with Gasteiger partial charge in [0.05, 0.1) is 0 Å². The van der Waals surface area contributed by atoms with Crippen molar-refractivity contribution in [1.82, 2.24) is 5.32 Å². The Morgan fingerprint density at radius 3 is 2.71 bits per heavy atom. The Balaban J connectivity index is 2.70. The van der Waals surface area contributed by atoms with Gasteiger partial charge in [0.15, 0.2) is 5.11 Å². The Hall–Kier alpha value is -0.470. The van der Waals surface area contributed by atoms with Crippen molar-refractivity contribution in [3.63, 3.8) is 0 Å². The number of nitrogens with two attached hydrogens (primary N) is 1. The molecule has 17 heavy (non-hydrogen) atoms. The van der Waals surface area contributed by atoms with Crippen LogP contribution in [0.4, 0.5) is 0 Å².